The zero-order chi connectivity index (χ0) is 14.5. The number of benzene rings is 1. The van der Waals surface area contributed by atoms with Gasteiger partial charge in [-0.05, 0) is 24.1 Å². The summed E-state index contributed by atoms with van der Waals surface area (Å²) in [4.78, 5) is 13.6. The van der Waals surface area contributed by atoms with E-state index in [4.69, 9.17) is 16.7 Å². The number of halogens is 1. The Bertz CT molecular complexity index is 493. The minimum absolute atomic E-state index is 0.0519. The quantitative estimate of drug-likeness (QED) is 0.792. The summed E-state index contributed by atoms with van der Waals surface area (Å²) in [6, 6.07) is 7.71. The molecule has 5 heteroatoms. The molecule has 0 spiro atoms. The van der Waals surface area contributed by atoms with Gasteiger partial charge in [-0.25, -0.2) is 4.79 Å². The third-order valence-corrected chi connectivity index (χ3v) is 3.62. The second kappa shape index (κ2) is 6.77. The van der Waals surface area contributed by atoms with Gasteiger partial charge in [-0.1, -0.05) is 29.8 Å². The Labute approximate surface area is 124 Å². The maximum atomic E-state index is 12.0. The fraction of sp³-hybridized carbons (Fsp3) is 0.400. The van der Waals surface area contributed by atoms with Crippen molar-refractivity contribution in [1.29, 1.82) is 0 Å². The van der Waals surface area contributed by atoms with Gasteiger partial charge in [-0.15, -0.1) is 6.58 Å². The van der Waals surface area contributed by atoms with Crippen molar-refractivity contribution in [2.45, 2.75) is 18.4 Å². The molecule has 1 saturated carbocycles. The van der Waals surface area contributed by atoms with Crippen LogP contribution in [0.15, 0.2) is 36.9 Å². The van der Waals surface area contributed by atoms with E-state index in [1.165, 1.54) is 0 Å². The maximum absolute atomic E-state index is 12.0. The molecule has 0 heterocycles. The van der Waals surface area contributed by atoms with E-state index in [1.807, 2.05) is 24.3 Å². The van der Waals surface area contributed by atoms with E-state index in [1.54, 1.807) is 11.0 Å². The highest BCUT2D eigenvalue weighted by Gasteiger charge is 2.40. The number of urea groups is 1. The first-order chi connectivity index (χ1) is 9.65. The van der Waals surface area contributed by atoms with Crippen molar-refractivity contribution in [1.82, 2.24) is 10.2 Å². The van der Waals surface area contributed by atoms with Crippen LogP contribution < -0.4 is 5.32 Å². The van der Waals surface area contributed by atoms with E-state index in [0.717, 1.165) is 12.0 Å². The Balaban J connectivity index is 1.89. The molecule has 1 aromatic carbocycles. The summed E-state index contributed by atoms with van der Waals surface area (Å²) in [5, 5.41) is 12.6. The van der Waals surface area contributed by atoms with Gasteiger partial charge < -0.3 is 15.3 Å². The zero-order valence-corrected chi connectivity index (χ0v) is 12.0. The molecule has 2 rings (SSSR count). The van der Waals surface area contributed by atoms with Gasteiger partial charge in [0.15, 0.2) is 0 Å². The SMILES string of the molecule is C=CCN(CCO)C(=O)NC1CC1c1cccc(Cl)c1. The molecule has 4 nitrogen and oxygen atoms in total. The second-order valence-corrected chi connectivity index (χ2v) is 5.35. The summed E-state index contributed by atoms with van der Waals surface area (Å²) in [6.07, 6.45) is 2.57. The lowest BCUT2D eigenvalue weighted by atomic mass is 10.1. The highest BCUT2D eigenvalue weighted by Crippen LogP contribution is 2.41. The number of hydrogen-bond acceptors (Lipinski definition) is 2. The number of aliphatic hydroxyl groups excluding tert-OH is 1. The first-order valence-electron chi connectivity index (χ1n) is 6.68. The number of carbonyl (C=O) groups is 1. The minimum Gasteiger partial charge on any atom is -0.395 e. The Hall–Kier alpha value is -1.52. The van der Waals surface area contributed by atoms with Crippen molar-refractivity contribution < 1.29 is 9.90 Å². The van der Waals surface area contributed by atoms with Crippen molar-refractivity contribution in [3.8, 4) is 0 Å². The molecule has 0 saturated heterocycles. The van der Waals surface area contributed by atoms with Gasteiger partial charge in [0.1, 0.15) is 0 Å². The fourth-order valence-corrected chi connectivity index (χ4v) is 2.46. The Morgan fingerprint density at radius 3 is 3.05 bits per heavy atom. The van der Waals surface area contributed by atoms with Crippen LogP contribution in [0.1, 0.15) is 17.9 Å². The molecule has 2 unspecified atom stereocenters. The Morgan fingerprint density at radius 2 is 2.40 bits per heavy atom. The smallest absolute Gasteiger partial charge is 0.317 e. The number of nitrogens with zero attached hydrogens (tertiary/aromatic N) is 1. The lowest BCUT2D eigenvalue weighted by Crippen LogP contribution is -2.42. The number of nitrogens with one attached hydrogen (secondary N) is 1. The van der Waals surface area contributed by atoms with Crippen molar-refractivity contribution in [3.05, 3.63) is 47.5 Å². The molecule has 108 valence electrons. The van der Waals surface area contributed by atoms with Crippen LogP contribution in [0.2, 0.25) is 5.02 Å². The summed E-state index contributed by atoms with van der Waals surface area (Å²) in [5.41, 5.74) is 1.15. The maximum Gasteiger partial charge on any atom is 0.317 e. The largest absolute Gasteiger partial charge is 0.395 e. The summed E-state index contributed by atoms with van der Waals surface area (Å²) in [5.74, 6) is 0.331. The molecule has 2 N–H and O–H groups in total. The normalized spacial score (nSPS) is 20.3. The summed E-state index contributed by atoms with van der Waals surface area (Å²) < 4.78 is 0. The minimum atomic E-state index is -0.159. The van der Waals surface area contributed by atoms with E-state index in [9.17, 15) is 4.79 Å². The lowest BCUT2D eigenvalue weighted by Gasteiger charge is -2.20. The molecule has 0 aliphatic heterocycles. The average molecular weight is 295 g/mol. The highest BCUT2D eigenvalue weighted by atomic mass is 35.5. The monoisotopic (exact) mass is 294 g/mol. The molecular weight excluding hydrogens is 276 g/mol. The standard InChI is InChI=1S/C15H19ClN2O2/c1-2-6-18(7-8-19)15(20)17-14-10-13(14)11-4-3-5-12(16)9-11/h2-5,9,13-14,19H,1,6-8,10H2,(H,17,20). The van der Waals surface area contributed by atoms with Crippen LogP contribution in [0.25, 0.3) is 0 Å². The van der Waals surface area contributed by atoms with E-state index in [0.29, 0.717) is 24.0 Å². The Morgan fingerprint density at radius 1 is 1.60 bits per heavy atom. The van der Waals surface area contributed by atoms with Crippen molar-refractivity contribution >= 4 is 17.6 Å². The predicted octanol–water partition coefficient (Wildman–Crippen LogP) is 2.39. The third-order valence-electron chi connectivity index (χ3n) is 3.38. The van der Waals surface area contributed by atoms with Gasteiger partial charge in [0, 0.05) is 30.1 Å². The van der Waals surface area contributed by atoms with Crippen LogP contribution in [0.5, 0.6) is 0 Å². The first kappa shape index (κ1) is 14.9. The molecule has 1 aliphatic rings. The summed E-state index contributed by atoms with van der Waals surface area (Å²) >= 11 is 5.97. The number of amides is 2. The van der Waals surface area contributed by atoms with Gasteiger partial charge >= 0.3 is 6.03 Å². The number of rotatable bonds is 6. The summed E-state index contributed by atoms with van der Waals surface area (Å²) in [7, 11) is 0. The van der Waals surface area contributed by atoms with Crippen LogP contribution in [-0.4, -0.2) is 41.8 Å². The van der Waals surface area contributed by atoms with Crippen LogP contribution in [0.4, 0.5) is 4.79 Å². The van der Waals surface area contributed by atoms with E-state index < -0.39 is 0 Å². The molecule has 0 bridgehead atoms. The van der Waals surface area contributed by atoms with Gasteiger partial charge in [0.05, 0.1) is 6.61 Å². The molecule has 0 radical (unpaired) electrons. The van der Waals surface area contributed by atoms with Crippen molar-refractivity contribution in [2.24, 2.45) is 0 Å². The predicted molar refractivity (Wildman–Crippen MR) is 80.0 cm³/mol. The average Bonchev–Trinajstić information content (AvgIpc) is 3.17. The van der Waals surface area contributed by atoms with Crippen LogP contribution in [0.3, 0.4) is 0 Å². The number of carbonyl (C=O) groups excluding carboxylic acids is 1. The van der Waals surface area contributed by atoms with Crippen molar-refractivity contribution in [3.63, 3.8) is 0 Å². The van der Waals surface area contributed by atoms with E-state index in [-0.39, 0.29) is 18.7 Å². The molecule has 20 heavy (non-hydrogen) atoms. The van der Waals surface area contributed by atoms with Gasteiger partial charge in [0.25, 0.3) is 0 Å². The number of hydrogen-bond donors (Lipinski definition) is 2. The van der Waals surface area contributed by atoms with Crippen LogP contribution in [-0.2, 0) is 0 Å². The Kier molecular flexibility index (Phi) is 5.04. The molecule has 0 aromatic heterocycles. The molecule has 1 aliphatic carbocycles. The van der Waals surface area contributed by atoms with E-state index >= 15 is 0 Å². The van der Waals surface area contributed by atoms with Gasteiger partial charge in [-0.2, -0.15) is 0 Å². The zero-order valence-electron chi connectivity index (χ0n) is 11.3. The fourth-order valence-electron chi connectivity index (χ4n) is 2.26. The molecule has 2 atom stereocenters. The first-order valence-corrected chi connectivity index (χ1v) is 7.06. The molecular formula is C15H19ClN2O2. The number of aliphatic hydroxyl groups is 1. The molecule has 2 amide bonds. The molecule has 1 aromatic rings. The van der Waals surface area contributed by atoms with Crippen LogP contribution >= 0.6 is 11.6 Å². The van der Waals surface area contributed by atoms with E-state index in [2.05, 4.69) is 11.9 Å². The summed E-state index contributed by atoms with van der Waals surface area (Å²) in [6.45, 7) is 4.31. The second-order valence-electron chi connectivity index (χ2n) is 4.91. The highest BCUT2D eigenvalue weighted by molar-refractivity contribution is 6.30. The van der Waals surface area contributed by atoms with Gasteiger partial charge in [0.2, 0.25) is 0 Å². The lowest BCUT2D eigenvalue weighted by molar-refractivity contribution is 0.183. The molecule has 1 fully saturated rings. The third kappa shape index (κ3) is 3.74. The van der Waals surface area contributed by atoms with Crippen LogP contribution in [0, 0.1) is 0 Å². The van der Waals surface area contributed by atoms with Crippen molar-refractivity contribution in [2.75, 3.05) is 19.7 Å². The topological polar surface area (TPSA) is 52.6 Å². The van der Waals surface area contributed by atoms with Gasteiger partial charge in [-0.3, -0.25) is 0 Å².